The SMILES string of the molecule is C=CCn1c(C)c(C)n2c3c(=O)n(Cc4ccc(Cl)cc4)c(=O)n(C)c3nc12. The lowest BCUT2D eigenvalue weighted by molar-refractivity contribution is 0.656. The second-order valence-electron chi connectivity index (χ2n) is 6.85. The van der Waals surface area contributed by atoms with Crippen molar-refractivity contribution in [3.63, 3.8) is 0 Å². The van der Waals surface area contributed by atoms with Crippen molar-refractivity contribution >= 4 is 28.5 Å². The third-order valence-corrected chi connectivity index (χ3v) is 5.45. The molecule has 0 unspecified atom stereocenters. The van der Waals surface area contributed by atoms with Gasteiger partial charge < -0.3 is 4.57 Å². The summed E-state index contributed by atoms with van der Waals surface area (Å²) in [7, 11) is 1.63. The Bertz CT molecular complexity index is 1350. The quantitative estimate of drug-likeness (QED) is 0.497. The van der Waals surface area contributed by atoms with E-state index in [1.807, 2.05) is 22.8 Å². The van der Waals surface area contributed by atoms with E-state index in [4.69, 9.17) is 11.6 Å². The number of halogens is 1. The number of hydrogen-bond acceptors (Lipinski definition) is 3. The number of nitrogens with zero attached hydrogens (tertiary/aromatic N) is 5. The summed E-state index contributed by atoms with van der Waals surface area (Å²) in [5.41, 5.74) is 2.74. The Morgan fingerprint density at radius 1 is 1.11 bits per heavy atom. The maximum absolute atomic E-state index is 13.3. The molecule has 4 aromatic rings. The van der Waals surface area contributed by atoms with Crippen molar-refractivity contribution in [1.29, 1.82) is 0 Å². The summed E-state index contributed by atoms with van der Waals surface area (Å²) in [6, 6.07) is 7.09. The van der Waals surface area contributed by atoms with E-state index in [-0.39, 0.29) is 12.1 Å². The van der Waals surface area contributed by atoms with Gasteiger partial charge in [-0.15, -0.1) is 6.58 Å². The summed E-state index contributed by atoms with van der Waals surface area (Å²) in [5, 5.41) is 0.603. The zero-order valence-corrected chi connectivity index (χ0v) is 16.7. The number of aromatic nitrogens is 5. The van der Waals surface area contributed by atoms with Crippen molar-refractivity contribution < 1.29 is 0 Å². The molecule has 0 radical (unpaired) electrons. The van der Waals surface area contributed by atoms with Crippen LogP contribution in [0.15, 0.2) is 46.5 Å². The van der Waals surface area contributed by atoms with Gasteiger partial charge in [0.25, 0.3) is 5.56 Å². The van der Waals surface area contributed by atoms with Gasteiger partial charge >= 0.3 is 5.69 Å². The Morgan fingerprint density at radius 3 is 2.43 bits per heavy atom. The van der Waals surface area contributed by atoms with Gasteiger partial charge in [0.05, 0.1) is 6.54 Å². The fraction of sp³-hybridized carbons (Fsp3) is 0.250. The maximum Gasteiger partial charge on any atom is 0.332 e. The third kappa shape index (κ3) is 2.54. The molecule has 7 nitrogen and oxygen atoms in total. The van der Waals surface area contributed by atoms with Crippen molar-refractivity contribution in [2.45, 2.75) is 26.9 Å². The Morgan fingerprint density at radius 2 is 1.79 bits per heavy atom. The Hall–Kier alpha value is -3.06. The van der Waals surface area contributed by atoms with Crippen LogP contribution in [-0.4, -0.2) is 23.1 Å². The van der Waals surface area contributed by atoms with Gasteiger partial charge in [-0.25, -0.2) is 4.79 Å². The van der Waals surface area contributed by atoms with Crippen LogP contribution in [0.1, 0.15) is 17.0 Å². The van der Waals surface area contributed by atoms with Gasteiger partial charge in [0.1, 0.15) is 0 Å². The molecule has 0 amide bonds. The largest absolute Gasteiger partial charge is 0.332 e. The van der Waals surface area contributed by atoms with E-state index >= 15 is 0 Å². The first-order chi connectivity index (χ1) is 13.3. The highest BCUT2D eigenvalue weighted by Gasteiger charge is 2.22. The summed E-state index contributed by atoms with van der Waals surface area (Å²) in [5.74, 6) is 0.626. The molecule has 28 heavy (non-hydrogen) atoms. The minimum atomic E-state index is -0.405. The summed E-state index contributed by atoms with van der Waals surface area (Å²) < 4.78 is 6.47. The highest BCUT2D eigenvalue weighted by Crippen LogP contribution is 2.20. The minimum absolute atomic E-state index is 0.164. The van der Waals surface area contributed by atoms with Gasteiger partial charge in [0.15, 0.2) is 11.2 Å². The van der Waals surface area contributed by atoms with Crippen LogP contribution in [-0.2, 0) is 20.1 Å². The van der Waals surface area contributed by atoms with E-state index in [0.717, 1.165) is 17.0 Å². The highest BCUT2D eigenvalue weighted by atomic mass is 35.5. The molecular formula is C20H20ClN5O2. The molecule has 8 heteroatoms. The summed E-state index contributed by atoms with van der Waals surface area (Å²) >= 11 is 5.94. The normalized spacial score (nSPS) is 11.6. The van der Waals surface area contributed by atoms with E-state index in [0.29, 0.717) is 28.5 Å². The van der Waals surface area contributed by atoms with Crippen LogP contribution in [0.5, 0.6) is 0 Å². The van der Waals surface area contributed by atoms with Crippen LogP contribution in [0.25, 0.3) is 16.9 Å². The van der Waals surface area contributed by atoms with Gasteiger partial charge in [-0.05, 0) is 31.5 Å². The van der Waals surface area contributed by atoms with Gasteiger partial charge in [0, 0.05) is 30.0 Å². The van der Waals surface area contributed by atoms with Gasteiger partial charge in [-0.2, -0.15) is 4.98 Å². The first-order valence-corrected chi connectivity index (χ1v) is 9.26. The summed E-state index contributed by atoms with van der Waals surface area (Å²) in [6.07, 6.45) is 1.78. The highest BCUT2D eigenvalue weighted by molar-refractivity contribution is 6.30. The van der Waals surface area contributed by atoms with E-state index in [1.165, 1.54) is 9.13 Å². The predicted molar refractivity (Wildman–Crippen MR) is 110 cm³/mol. The molecule has 0 spiro atoms. The number of rotatable bonds is 4. The van der Waals surface area contributed by atoms with Crippen LogP contribution >= 0.6 is 11.6 Å². The second-order valence-corrected chi connectivity index (χ2v) is 7.29. The molecule has 3 aromatic heterocycles. The smallest absolute Gasteiger partial charge is 0.310 e. The van der Waals surface area contributed by atoms with Crippen molar-refractivity contribution in [3.8, 4) is 0 Å². The van der Waals surface area contributed by atoms with Crippen LogP contribution < -0.4 is 11.2 Å². The molecule has 0 N–H and O–H groups in total. The van der Waals surface area contributed by atoms with E-state index < -0.39 is 5.69 Å². The Labute approximate surface area is 165 Å². The third-order valence-electron chi connectivity index (χ3n) is 5.20. The Balaban J connectivity index is 2.05. The van der Waals surface area contributed by atoms with Crippen molar-refractivity contribution in [2.75, 3.05) is 0 Å². The number of aryl methyl sites for hydroxylation is 2. The topological polar surface area (TPSA) is 66.2 Å². The fourth-order valence-electron chi connectivity index (χ4n) is 3.57. The number of hydrogen-bond donors (Lipinski definition) is 0. The minimum Gasteiger partial charge on any atom is -0.310 e. The maximum atomic E-state index is 13.3. The number of benzene rings is 1. The molecule has 144 valence electrons. The average Bonchev–Trinajstić information content (AvgIpc) is 3.17. The standard InChI is InChI=1S/C20H20ClN5O2/c1-5-10-24-12(2)13(3)26-16-17(22-19(24)26)23(4)20(28)25(18(16)27)11-14-6-8-15(21)9-7-14/h5-9H,1,10-11H2,2-4H3. The van der Waals surface area contributed by atoms with Gasteiger partial charge in [0.2, 0.25) is 5.78 Å². The molecule has 0 atom stereocenters. The zero-order valence-electron chi connectivity index (χ0n) is 15.9. The summed E-state index contributed by atoms with van der Waals surface area (Å²) in [4.78, 5) is 30.8. The van der Waals surface area contributed by atoms with Gasteiger partial charge in [-0.1, -0.05) is 29.8 Å². The molecule has 3 heterocycles. The van der Waals surface area contributed by atoms with Crippen molar-refractivity contribution in [3.05, 3.63) is 79.7 Å². The monoisotopic (exact) mass is 397 g/mol. The molecule has 0 saturated carbocycles. The zero-order chi connectivity index (χ0) is 20.2. The second kappa shape index (κ2) is 6.53. The average molecular weight is 398 g/mol. The fourth-order valence-corrected chi connectivity index (χ4v) is 3.70. The Kier molecular flexibility index (Phi) is 4.27. The van der Waals surface area contributed by atoms with Gasteiger partial charge in [-0.3, -0.25) is 18.3 Å². The molecule has 0 bridgehead atoms. The van der Waals surface area contributed by atoms with Crippen LogP contribution in [0, 0.1) is 13.8 Å². The molecule has 0 saturated heterocycles. The van der Waals surface area contributed by atoms with Crippen molar-refractivity contribution in [1.82, 2.24) is 23.1 Å². The van der Waals surface area contributed by atoms with E-state index in [2.05, 4.69) is 11.6 Å². The number of fused-ring (bicyclic) bond motifs is 3. The van der Waals surface area contributed by atoms with E-state index in [9.17, 15) is 9.59 Å². The first-order valence-electron chi connectivity index (χ1n) is 8.88. The lowest BCUT2D eigenvalue weighted by Gasteiger charge is -2.09. The molecule has 4 rings (SSSR count). The molecule has 0 aliphatic rings. The van der Waals surface area contributed by atoms with Crippen LogP contribution in [0.4, 0.5) is 0 Å². The predicted octanol–water partition coefficient (Wildman–Crippen LogP) is 2.65. The van der Waals surface area contributed by atoms with Crippen LogP contribution in [0.2, 0.25) is 5.02 Å². The van der Waals surface area contributed by atoms with Crippen LogP contribution in [0.3, 0.4) is 0 Å². The molecule has 0 aliphatic heterocycles. The summed E-state index contributed by atoms with van der Waals surface area (Å²) in [6.45, 7) is 8.45. The molecule has 1 aromatic carbocycles. The first kappa shape index (κ1) is 18.3. The van der Waals surface area contributed by atoms with E-state index in [1.54, 1.807) is 37.4 Å². The number of allylic oxidation sites excluding steroid dienone is 1. The molecule has 0 fully saturated rings. The van der Waals surface area contributed by atoms with Crippen molar-refractivity contribution in [2.24, 2.45) is 7.05 Å². The lowest BCUT2D eigenvalue weighted by Crippen LogP contribution is -2.39. The number of imidazole rings is 2. The molecule has 0 aliphatic carbocycles. The molecular weight excluding hydrogens is 378 g/mol. The lowest BCUT2D eigenvalue weighted by atomic mass is 10.2.